The van der Waals surface area contributed by atoms with E-state index in [2.05, 4.69) is 18.7 Å². The maximum absolute atomic E-state index is 13.1. The molecule has 3 atom stereocenters. The van der Waals surface area contributed by atoms with Crippen LogP contribution in [0.25, 0.3) is 0 Å². The SMILES string of the molecule is CC1CCCN(C(C)c2ccc(F)cc2Cl)C1CN. The molecule has 0 aromatic heterocycles. The number of piperidine rings is 1. The Morgan fingerprint density at radius 2 is 2.26 bits per heavy atom. The van der Waals surface area contributed by atoms with Crippen LogP contribution in [0, 0.1) is 11.7 Å². The van der Waals surface area contributed by atoms with E-state index in [1.165, 1.54) is 25.0 Å². The molecule has 2 N–H and O–H groups in total. The van der Waals surface area contributed by atoms with Gasteiger partial charge in [-0.25, -0.2) is 4.39 Å². The highest BCUT2D eigenvalue weighted by Crippen LogP contribution is 2.34. The number of rotatable bonds is 3. The molecule has 4 heteroatoms. The minimum atomic E-state index is -0.289. The second-order valence-electron chi connectivity index (χ2n) is 5.50. The third kappa shape index (κ3) is 3.10. The van der Waals surface area contributed by atoms with Gasteiger partial charge in [-0.3, -0.25) is 4.90 Å². The van der Waals surface area contributed by atoms with E-state index in [1.807, 2.05) is 0 Å². The van der Waals surface area contributed by atoms with E-state index in [0.717, 1.165) is 12.1 Å². The van der Waals surface area contributed by atoms with E-state index >= 15 is 0 Å². The van der Waals surface area contributed by atoms with Crippen molar-refractivity contribution in [1.29, 1.82) is 0 Å². The molecule has 0 bridgehead atoms. The first kappa shape index (κ1) is 14.8. The van der Waals surface area contributed by atoms with Gasteiger partial charge < -0.3 is 5.73 Å². The number of benzene rings is 1. The molecule has 1 aromatic rings. The molecule has 3 unspecified atom stereocenters. The summed E-state index contributed by atoms with van der Waals surface area (Å²) in [4.78, 5) is 2.41. The number of nitrogens with zero attached hydrogens (tertiary/aromatic N) is 1. The van der Waals surface area contributed by atoms with Crippen LogP contribution in [0.2, 0.25) is 5.02 Å². The number of nitrogens with two attached hydrogens (primary N) is 1. The summed E-state index contributed by atoms with van der Waals surface area (Å²) in [6, 6.07) is 5.20. The highest BCUT2D eigenvalue weighted by atomic mass is 35.5. The predicted octanol–water partition coefficient (Wildman–Crippen LogP) is 3.60. The number of hydrogen-bond acceptors (Lipinski definition) is 2. The summed E-state index contributed by atoms with van der Waals surface area (Å²) in [6.07, 6.45) is 2.41. The normalized spacial score (nSPS) is 26.4. The fraction of sp³-hybridized carbons (Fsp3) is 0.600. The van der Waals surface area contributed by atoms with Gasteiger partial charge in [0, 0.05) is 23.7 Å². The summed E-state index contributed by atoms with van der Waals surface area (Å²) in [6.45, 7) is 6.06. The number of likely N-dealkylation sites (tertiary alicyclic amines) is 1. The van der Waals surface area contributed by atoms with Crippen molar-refractivity contribution in [2.24, 2.45) is 11.7 Å². The molecule has 19 heavy (non-hydrogen) atoms. The molecule has 0 spiro atoms. The molecule has 1 aromatic carbocycles. The van der Waals surface area contributed by atoms with Crippen LogP contribution < -0.4 is 5.73 Å². The molecule has 1 aliphatic heterocycles. The Kier molecular flexibility index (Phi) is 4.82. The summed E-state index contributed by atoms with van der Waals surface area (Å²) < 4.78 is 13.1. The molecule has 1 fully saturated rings. The van der Waals surface area contributed by atoms with E-state index in [9.17, 15) is 4.39 Å². The smallest absolute Gasteiger partial charge is 0.124 e. The van der Waals surface area contributed by atoms with Gasteiger partial charge in [-0.15, -0.1) is 0 Å². The third-order valence-corrected chi connectivity index (χ3v) is 4.64. The molecule has 0 amide bonds. The van der Waals surface area contributed by atoms with E-state index in [4.69, 9.17) is 17.3 Å². The molecule has 0 aliphatic carbocycles. The topological polar surface area (TPSA) is 29.3 Å². The van der Waals surface area contributed by atoms with E-state index in [0.29, 0.717) is 23.5 Å². The molecule has 1 heterocycles. The summed E-state index contributed by atoms with van der Waals surface area (Å²) in [5.74, 6) is 0.309. The average Bonchev–Trinajstić information content (AvgIpc) is 2.37. The minimum Gasteiger partial charge on any atom is -0.329 e. The van der Waals surface area contributed by atoms with Crippen LogP contribution in [0.4, 0.5) is 4.39 Å². The van der Waals surface area contributed by atoms with Gasteiger partial charge in [-0.2, -0.15) is 0 Å². The summed E-state index contributed by atoms with van der Waals surface area (Å²) in [5, 5.41) is 0.501. The number of hydrogen-bond donors (Lipinski definition) is 1. The summed E-state index contributed by atoms with van der Waals surface area (Å²) in [5.41, 5.74) is 6.91. The van der Waals surface area contributed by atoms with Crippen molar-refractivity contribution >= 4 is 11.6 Å². The van der Waals surface area contributed by atoms with Gasteiger partial charge in [0.05, 0.1) is 0 Å². The van der Waals surface area contributed by atoms with Gasteiger partial charge in [0.15, 0.2) is 0 Å². The van der Waals surface area contributed by atoms with Crippen molar-refractivity contribution in [2.75, 3.05) is 13.1 Å². The van der Waals surface area contributed by atoms with Gasteiger partial charge >= 0.3 is 0 Å². The van der Waals surface area contributed by atoms with E-state index < -0.39 is 0 Å². The summed E-state index contributed by atoms with van der Waals surface area (Å²) in [7, 11) is 0. The first-order valence-electron chi connectivity index (χ1n) is 6.95. The van der Waals surface area contributed by atoms with Crippen LogP contribution in [0.3, 0.4) is 0 Å². The average molecular weight is 285 g/mol. The van der Waals surface area contributed by atoms with Crippen molar-refractivity contribution < 1.29 is 4.39 Å². The molecule has 106 valence electrons. The largest absolute Gasteiger partial charge is 0.329 e. The third-order valence-electron chi connectivity index (χ3n) is 4.31. The van der Waals surface area contributed by atoms with Crippen molar-refractivity contribution in [2.45, 2.75) is 38.8 Å². The molecule has 2 nitrogen and oxygen atoms in total. The Labute approximate surface area is 119 Å². The van der Waals surface area contributed by atoms with Crippen LogP contribution in [0.15, 0.2) is 18.2 Å². The van der Waals surface area contributed by atoms with Crippen molar-refractivity contribution in [3.8, 4) is 0 Å². The van der Waals surface area contributed by atoms with Crippen LogP contribution >= 0.6 is 11.6 Å². The molecule has 1 aliphatic rings. The maximum Gasteiger partial charge on any atom is 0.124 e. The van der Waals surface area contributed by atoms with Crippen LogP contribution in [0.5, 0.6) is 0 Å². The van der Waals surface area contributed by atoms with Gasteiger partial charge in [0.2, 0.25) is 0 Å². The molecule has 0 saturated carbocycles. The zero-order chi connectivity index (χ0) is 14.0. The van der Waals surface area contributed by atoms with Crippen LogP contribution in [0.1, 0.15) is 38.3 Å². The highest BCUT2D eigenvalue weighted by Gasteiger charge is 2.31. The lowest BCUT2D eigenvalue weighted by Crippen LogP contribution is -2.49. The number of halogens is 2. The van der Waals surface area contributed by atoms with Crippen LogP contribution in [-0.2, 0) is 0 Å². The van der Waals surface area contributed by atoms with Crippen molar-refractivity contribution in [1.82, 2.24) is 4.90 Å². The van der Waals surface area contributed by atoms with Crippen molar-refractivity contribution in [3.63, 3.8) is 0 Å². The first-order chi connectivity index (χ1) is 9.04. The second kappa shape index (κ2) is 6.21. The standard InChI is InChI=1S/C15H22ClFN2/c1-10-4-3-7-19(15(10)9-18)11(2)13-6-5-12(17)8-14(13)16/h5-6,8,10-11,15H,3-4,7,9,18H2,1-2H3. The molecular weight excluding hydrogens is 263 g/mol. The first-order valence-corrected chi connectivity index (χ1v) is 7.33. The lowest BCUT2D eigenvalue weighted by Gasteiger charge is -2.43. The molecule has 1 saturated heterocycles. The molecule has 0 radical (unpaired) electrons. The highest BCUT2D eigenvalue weighted by molar-refractivity contribution is 6.31. The fourth-order valence-electron chi connectivity index (χ4n) is 3.15. The maximum atomic E-state index is 13.1. The zero-order valence-electron chi connectivity index (χ0n) is 11.6. The monoisotopic (exact) mass is 284 g/mol. The minimum absolute atomic E-state index is 0.171. The fourth-order valence-corrected chi connectivity index (χ4v) is 3.47. The lowest BCUT2D eigenvalue weighted by atomic mass is 9.88. The summed E-state index contributed by atoms with van der Waals surface area (Å²) >= 11 is 6.17. The Morgan fingerprint density at radius 1 is 1.53 bits per heavy atom. The second-order valence-corrected chi connectivity index (χ2v) is 5.91. The molecular formula is C15H22ClFN2. The Hall–Kier alpha value is -0.640. The van der Waals surface area contributed by atoms with Gasteiger partial charge in [0.1, 0.15) is 5.82 Å². The lowest BCUT2D eigenvalue weighted by molar-refractivity contribution is 0.0690. The Balaban J connectivity index is 2.24. The molecule has 2 rings (SSSR count). The van der Waals surface area contributed by atoms with Gasteiger partial charge in [0.25, 0.3) is 0 Å². The quantitative estimate of drug-likeness (QED) is 0.919. The Morgan fingerprint density at radius 3 is 2.89 bits per heavy atom. The van der Waals surface area contributed by atoms with E-state index in [1.54, 1.807) is 6.07 Å². The van der Waals surface area contributed by atoms with E-state index in [-0.39, 0.29) is 11.9 Å². The Bertz CT molecular complexity index is 438. The van der Waals surface area contributed by atoms with Crippen LogP contribution in [-0.4, -0.2) is 24.0 Å². The van der Waals surface area contributed by atoms with Crippen molar-refractivity contribution in [3.05, 3.63) is 34.6 Å². The predicted molar refractivity (Wildman–Crippen MR) is 77.8 cm³/mol. The zero-order valence-corrected chi connectivity index (χ0v) is 12.3. The van der Waals surface area contributed by atoms with Gasteiger partial charge in [-0.1, -0.05) is 24.6 Å². The van der Waals surface area contributed by atoms with Gasteiger partial charge in [-0.05, 0) is 49.9 Å².